The number of unbranched alkanes of at least 4 members (excludes halogenated alkanes) is 11. The molecule has 0 spiro atoms. The second-order valence-corrected chi connectivity index (χ2v) is 5.98. The lowest BCUT2D eigenvalue weighted by molar-refractivity contribution is -0.428. The Bertz CT molecular complexity index is 313. The van der Waals surface area contributed by atoms with Crippen molar-refractivity contribution in [3.8, 4) is 0 Å². The van der Waals surface area contributed by atoms with E-state index in [2.05, 4.69) is 6.92 Å². The van der Waals surface area contributed by atoms with Gasteiger partial charge in [-0.15, -0.1) is 0 Å². The summed E-state index contributed by atoms with van der Waals surface area (Å²) in [7, 11) is 0. The maximum absolute atomic E-state index is 11.0. The van der Waals surface area contributed by atoms with E-state index in [1.807, 2.05) is 6.08 Å². The Hall–Kier alpha value is -1.19. The minimum atomic E-state index is -0.212. The van der Waals surface area contributed by atoms with Gasteiger partial charge in [0.15, 0.2) is 0 Å². The molecule has 0 unspecified atom stereocenters. The number of carbonyl (C=O) groups is 1. The predicted molar refractivity (Wildman–Crippen MR) is 91.5 cm³/mol. The maximum atomic E-state index is 11.0. The second-order valence-electron chi connectivity index (χ2n) is 5.98. The van der Waals surface area contributed by atoms with Crippen LogP contribution >= 0.6 is 0 Å². The van der Waals surface area contributed by atoms with Crippen LogP contribution in [0.3, 0.4) is 0 Å². The highest BCUT2D eigenvalue weighted by Gasteiger charge is 2.09. The largest absolute Gasteiger partial charge is 0.303 e. The summed E-state index contributed by atoms with van der Waals surface area (Å²) < 4.78 is 0. The van der Waals surface area contributed by atoms with Crippen molar-refractivity contribution in [3.05, 3.63) is 21.9 Å². The van der Waals surface area contributed by atoms with Gasteiger partial charge in [0.2, 0.25) is 5.70 Å². The normalized spacial score (nSPS) is 11.6. The van der Waals surface area contributed by atoms with Crippen molar-refractivity contribution in [2.45, 2.75) is 96.8 Å². The molecule has 0 saturated carbocycles. The van der Waals surface area contributed by atoms with E-state index in [9.17, 15) is 14.9 Å². The molecule has 0 heterocycles. The molecule has 128 valence electrons. The number of hydrogen-bond donors (Lipinski definition) is 0. The summed E-state index contributed by atoms with van der Waals surface area (Å²) in [5.74, 6) is 0. The lowest BCUT2D eigenvalue weighted by atomic mass is 10.1. The summed E-state index contributed by atoms with van der Waals surface area (Å²) in [6.07, 6.45) is 17.1. The molecule has 0 aromatic carbocycles. The summed E-state index contributed by atoms with van der Waals surface area (Å²) >= 11 is 0. The van der Waals surface area contributed by atoms with Gasteiger partial charge in [0.25, 0.3) is 0 Å². The molecule has 0 fully saturated rings. The highest BCUT2D eigenvalue weighted by atomic mass is 16.6. The van der Waals surface area contributed by atoms with Crippen LogP contribution in [0.2, 0.25) is 0 Å². The molecular formula is C18H33NO3. The van der Waals surface area contributed by atoms with Gasteiger partial charge in [-0.25, -0.2) is 0 Å². The molecule has 22 heavy (non-hydrogen) atoms. The Morgan fingerprint density at radius 2 is 1.41 bits per heavy atom. The molecule has 0 saturated heterocycles. The molecule has 0 aromatic heterocycles. The van der Waals surface area contributed by atoms with Crippen molar-refractivity contribution in [2.24, 2.45) is 0 Å². The van der Waals surface area contributed by atoms with Gasteiger partial charge in [-0.1, -0.05) is 58.3 Å². The minimum Gasteiger partial charge on any atom is -0.303 e. The number of carbonyl (C=O) groups excluding carboxylic acids is 1. The van der Waals surface area contributed by atoms with Gasteiger partial charge in [-0.3, -0.25) is 10.1 Å². The van der Waals surface area contributed by atoms with Crippen LogP contribution in [0.15, 0.2) is 11.8 Å². The monoisotopic (exact) mass is 311 g/mol. The fraction of sp³-hybridized carbons (Fsp3) is 0.833. The van der Waals surface area contributed by atoms with Gasteiger partial charge in [0, 0.05) is 12.8 Å². The first-order valence-electron chi connectivity index (χ1n) is 8.99. The summed E-state index contributed by atoms with van der Waals surface area (Å²) in [5.41, 5.74) is 0.399. The highest BCUT2D eigenvalue weighted by Crippen LogP contribution is 2.14. The van der Waals surface area contributed by atoms with Gasteiger partial charge in [-0.05, 0) is 31.8 Å². The smallest absolute Gasteiger partial charge is 0.242 e. The van der Waals surface area contributed by atoms with Crippen LogP contribution in [0.5, 0.6) is 0 Å². The van der Waals surface area contributed by atoms with Gasteiger partial charge in [0.1, 0.15) is 6.29 Å². The Kier molecular flexibility index (Phi) is 15.3. The molecule has 0 aliphatic carbocycles. The van der Waals surface area contributed by atoms with Crippen molar-refractivity contribution in [2.75, 3.05) is 0 Å². The molecule has 0 N–H and O–H groups in total. The van der Waals surface area contributed by atoms with Crippen molar-refractivity contribution >= 4 is 6.29 Å². The molecule has 0 amide bonds. The summed E-state index contributed by atoms with van der Waals surface area (Å²) in [6, 6.07) is 0. The van der Waals surface area contributed by atoms with Gasteiger partial charge < -0.3 is 4.79 Å². The van der Waals surface area contributed by atoms with Crippen LogP contribution in [0.4, 0.5) is 0 Å². The number of allylic oxidation sites excluding steroid dienone is 2. The Morgan fingerprint density at radius 1 is 0.864 bits per heavy atom. The zero-order valence-electron chi connectivity index (χ0n) is 14.2. The van der Waals surface area contributed by atoms with E-state index in [0.29, 0.717) is 18.5 Å². The predicted octanol–water partition coefficient (Wildman–Crippen LogP) is 5.83. The summed E-state index contributed by atoms with van der Waals surface area (Å²) in [6.45, 7) is 2.19. The van der Waals surface area contributed by atoms with Crippen LogP contribution in [0, 0.1) is 10.1 Å². The second kappa shape index (κ2) is 16.2. The van der Waals surface area contributed by atoms with E-state index in [4.69, 9.17) is 0 Å². The van der Waals surface area contributed by atoms with E-state index in [1.54, 1.807) is 0 Å². The van der Waals surface area contributed by atoms with Gasteiger partial charge in [0.05, 0.1) is 4.92 Å². The third kappa shape index (κ3) is 13.8. The molecular weight excluding hydrogens is 278 g/mol. The van der Waals surface area contributed by atoms with E-state index >= 15 is 0 Å². The maximum Gasteiger partial charge on any atom is 0.242 e. The van der Waals surface area contributed by atoms with Gasteiger partial charge >= 0.3 is 0 Å². The lowest BCUT2D eigenvalue weighted by Gasteiger charge is -2.01. The van der Waals surface area contributed by atoms with Crippen LogP contribution in [0.25, 0.3) is 0 Å². The van der Waals surface area contributed by atoms with Crippen molar-refractivity contribution in [1.82, 2.24) is 0 Å². The van der Waals surface area contributed by atoms with Crippen molar-refractivity contribution in [1.29, 1.82) is 0 Å². The average molecular weight is 311 g/mol. The number of hydrogen-bond acceptors (Lipinski definition) is 3. The first-order valence-corrected chi connectivity index (χ1v) is 8.99. The average Bonchev–Trinajstić information content (AvgIpc) is 2.50. The van der Waals surface area contributed by atoms with Crippen LogP contribution < -0.4 is 0 Å². The Balaban J connectivity index is 3.68. The SMILES string of the molecule is CCCCCCCCC(=CCCCCCCCC=O)[N+](=O)[O-]. The van der Waals surface area contributed by atoms with Crippen molar-refractivity contribution < 1.29 is 9.72 Å². The lowest BCUT2D eigenvalue weighted by Crippen LogP contribution is -1.99. The molecule has 0 atom stereocenters. The molecule has 0 bridgehead atoms. The van der Waals surface area contributed by atoms with Crippen LogP contribution in [-0.4, -0.2) is 11.2 Å². The van der Waals surface area contributed by atoms with Gasteiger partial charge in [-0.2, -0.15) is 0 Å². The number of aldehydes is 1. The quantitative estimate of drug-likeness (QED) is 0.156. The van der Waals surface area contributed by atoms with Crippen LogP contribution in [0.1, 0.15) is 96.8 Å². The molecule has 0 radical (unpaired) electrons. The van der Waals surface area contributed by atoms with E-state index < -0.39 is 0 Å². The highest BCUT2D eigenvalue weighted by molar-refractivity contribution is 5.48. The zero-order chi connectivity index (χ0) is 16.5. The van der Waals surface area contributed by atoms with Crippen molar-refractivity contribution in [3.63, 3.8) is 0 Å². The fourth-order valence-electron chi connectivity index (χ4n) is 2.53. The Morgan fingerprint density at radius 3 is 2.00 bits per heavy atom. The van der Waals surface area contributed by atoms with Crippen LogP contribution in [-0.2, 0) is 4.79 Å². The fourth-order valence-corrected chi connectivity index (χ4v) is 2.53. The molecule has 4 heteroatoms. The molecule has 0 aliphatic rings. The first-order chi connectivity index (χ1) is 10.7. The summed E-state index contributed by atoms with van der Waals surface area (Å²) in [4.78, 5) is 21.0. The Labute approximate surface area is 135 Å². The third-order valence-electron chi connectivity index (χ3n) is 3.93. The zero-order valence-corrected chi connectivity index (χ0v) is 14.2. The molecule has 4 nitrogen and oxygen atoms in total. The minimum absolute atomic E-state index is 0.212. The summed E-state index contributed by atoms with van der Waals surface area (Å²) in [5, 5.41) is 11.0. The first kappa shape index (κ1) is 20.8. The van der Waals surface area contributed by atoms with E-state index in [-0.39, 0.29) is 4.92 Å². The van der Waals surface area contributed by atoms with E-state index in [1.165, 1.54) is 25.7 Å². The van der Waals surface area contributed by atoms with E-state index in [0.717, 1.165) is 57.7 Å². The topological polar surface area (TPSA) is 60.2 Å². The number of nitro groups is 1. The molecule has 0 rings (SSSR count). The number of nitrogens with zero attached hydrogens (tertiary/aromatic N) is 1. The number of rotatable bonds is 16. The molecule has 0 aliphatic heterocycles. The molecule has 0 aromatic rings. The standard InChI is InChI=1S/C18H33NO3/c1-2-3-4-5-9-12-15-18(19(21)22)16-13-10-7-6-8-11-14-17-20/h16-17H,2-15H2,1H3. The third-order valence-corrected chi connectivity index (χ3v) is 3.93.